The van der Waals surface area contributed by atoms with Gasteiger partial charge in [-0.3, -0.25) is 9.59 Å². The quantitative estimate of drug-likeness (QED) is 0.828. The van der Waals surface area contributed by atoms with E-state index in [0.717, 1.165) is 51.9 Å². The SMILES string of the molecule is O=C(Nc1ccc(C(=O)N2CCCCCC2)cc1)c1cn(C2CCNCC2)nn1. The average molecular weight is 396 g/mol. The number of hydrogen-bond acceptors (Lipinski definition) is 5. The van der Waals surface area contributed by atoms with Crippen LogP contribution in [-0.4, -0.2) is 57.9 Å². The highest BCUT2D eigenvalue weighted by molar-refractivity contribution is 6.03. The Morgan fingerprint density at radius 1 is 1.00 bits per heavy atom. The molecular formula is C21H28N6O2. The van der Waals surface area contributed by atoms with Crippen molar-refractivity contribution in [1.29, 1.82) is 0 Å². The third-order valence-electron chi connectivity index (χ3n) is 5.71. The number of aromatic nitrogens is 3. The first-order valence-corrected chi connectivity index (χ1v) is 10.5. The van der Waals surface area contributed by atoms with Crippen molar-refractivity contribution < 1.29 is 9.59 Å². The van der Waals surface area contributed by atoms with Gasteiger partial charge >= 0.3 is 0 Å². The number of likely N-dealkylation sites (tertiary alicyclic amines) is 1. The van der Waals surface area contributed by atoms with Gasteiger partial charge in [-0.2, -0.15) is 0 Å². The van der Waals surface area contributed by atoms with Gasteiger partial charge < -0.3 is 15.5 Å². The number of hydrogen-bond donors (Lipinski definition) is 2. The zero-order valence-electron chi connectivity index (χ0n) is 16.6. The van der Waals surface area contributed by atoms with Gasteiger partial charge in [0.2, 0.25) is 0 Å². The number of carbonyl (C=O) groups excluding carboxylic acids is 2. The molecule has 0 spiro atoms. The Labute approximate surface area is 170 Å². The Kier molecular flexibility index (Phi) is 6.19. The number of piperidine rings is 1. The Bertz CT molecular complexity index is 833. The molecule has 0 aliphatic carbocycles. The van der Waals surface area contributed by atoms with E-state index < -0.39 is 0 Å². The standard InChI is InChI=1S/C21H28N6O2/c28-20(19-15-27(25-24-19)18-9-11-22-12-10-18)23-17-7-5-16(6-8-17)21(29)26-13-3-1-2-4-14-26/h5-8,15,18,22H,1-4,9-14H2,(H,23,28). The van der Waals surface area contributed by atoms with Crippen molar-refractivity contribution in [1.82, 2.24) is 25.2 Å². The van der Waals surface area contributed by atoms with Gasteiger partial charge in [0.1, 0.15) is 0 Å². The fourth-order valence-corrected chi connectivity index (χ4v) is 3.98. The van der Waals surface area contributed by atoms with E-state index in [1.807, 2.05) is 4.90 Å². The summed E-state index contributed by atoms with van der Waals surface area (Å²) < 4.78 is 1.79. The third kappa shape index (κ3) is 4.82. The van der Waals surface area contributed by atoms with E-state index in [0.29, 0.717) is 16.9 Å². The summed E-state index contributed by atoms with van der Waals surface area (Å²) in [7, 11) is 0. The molecule has 1 aromatic heterocycles. The molecule has 4 rings (SSSR count). The van der Waals surface area contributed by atoms with E-state index in [2.05, 4.69) is 20.9 Å². The lowest BCUT2D eigenvalue weighted by molar-refractivity contribution is 0.0761. The molecule has 2 saturated heterocycles. The molecule has 154 valence electrons. The largest absolute Gasteiger partial charge is 0.339 e. The molecule has 29 heavy (non-hydrogen) atoms. The number of nitrogens with zero attached hydrogens (tertiary/aromatic N) is 4. The number of nitrogens with one attached hydrogen (secondary N) is 2. The second-order valence-electron chi connectivity index (χ2n) is 7.80. The summed E-state index contributed by atoms with van der Waals surface area (Å²) in [5.41, 5.74) is 1.59. The number of rotatable bonds is 4. The predicted molar refractivity (Wildman–Crippen MR) is 110 cm³/mol. The van der Waals surface area contributed by atoms with Gasteiger partial charge in [0.15, 0.2) is 5.69 Å². The maximum atomic E-state index is 12.7. The molecule has 2 aromatic rings. The molecular weight excluding hydrogens is 368 g/mol. The molecule has 0 radical (unpaired) electrons. The topological polar surface area (TPSA) is 92.2 Å². The van der Waals surface area contributed by atoms with Crippen molar-refractivity contribution >= 4 is 17.5 Å². The number of anilines is 1. The molecule has 2 aliphatic heterocycles. The van der Waals surface area contributed by atoms with E-state index in [-0.39, 0.29) is 17.9 Å². The first-order valence-electron chi connectivity index (χ1n) is 10.5. The normalized spacial score (nSPS) is 18.3. The molecule has 0 atom stereocenters. The molecule has 8 nitrogen and oxygen atoms in total. The van der Waals surface area contributed by atoms with Crippen LogP contribution in [0, 0.1) is 0 Å². The summed E-state index contributed by atoms with van der Waals surface area (Å²) in [5, 5.41) is 14.3. The molecule has 0 saturated carbocycles. The molecule has 0 bridgehead atoms. The van der Waals surface area contributed by atoms with Crippen LogP contribution in [0.1, 0.15) is 65.4 Å². The fourth-order valence-electron chi connectivity index (χ4n) is 3.98. The van der Waals surface area contributed by atoms with E-state index in [1.165, 1.54) is 12.8 Å². The molecule has 2 N–H and O–H groups in total. The molecule has 2 aliphatic rings. The summed E-state index contributed by atoms with van der Waals surface area (Å²) >= 11 is 0. The second kappa shape index (κ2) is 9.17. The van der Waals surface area contributed by atoms with Crippen LogP contribution in [0.2, 0.25) is 0 Å². The molecule has 1 aromatic carbocycles. The Balaban J connectivity index is 1.36. The molecule has 2 amide bonds. The summed E-state index contributed by atoms with van der Waals surface area (Å²) in [6.07, 6.45) is 8.19. The minimum atomic E-state index is -0.295. The molecule has 3 heterocycles. The van der Waals surface area contributed by atoms with Gasteiger partial charge in [0, 0.05) is 24.3 Å². The van der Waals surface area contributed by atoms with Crippen LogP contribution >= 0.6 is 0 Å². The molecule has 2 fully saturated rings. The summed E-state index contributed by atoms with van der Waals surface area (Å²) in [6.45, 7) is 3.55. The van der Waals surface area contributed by atoms with E-state index in [4.69, 9.17) is 0 Å². The second-order valence-corrected chi connectivity index (χ2v) is 7.80. The summed E-state index contributed by atoms with van der Waals surface area (Å²) in [4.78, 5) is 27.1. The Hall–Kier alpha value is -2.74. The lowest BCUT2D eigenvalue weighted by Gasteiger charge is -2.22. The van der Waals surface area contributed by atoms with Gasteiger partial charge in [0.25, 0.3) is 11.8 Å². The first-order chi connectivity index (χ1) is 14.2. The predicted octanol–water partition coefficient (Wildman–Crippen LogP) is 2.47. The first kappa shape index (κ1) is 19.6. The fraction of sp³-hybridized carbons (Fsp3) is 0.524. The number of amides is 2. The van der Waals surface area contributed by atoms with Gasteiger partial charge in [-0.25, -0.2) is 4.68 Å². The maximum absolute atomic E-state index is 12.7. The zero-order valence-corrected chi connectivity index (χ0v) is 16.6. The summed E-state index contributed by atoms with van der Waals surface area (Å²) in [5.74, 6) is -0.230. The van der Waals surface area contributed by atoms with Gasteiger partial charge in [-0.15, -0.1) is 5.10 Å². The van der Waals surface area contributed by atoms with Crippen molar-refractivity contribution in [2.24, 2.45) is 0 Å². The van der Waals surface area contributed by atoms with Gasteiger partial charge in [-0.1, -0.05) is 18.1 Å². The highest BCUT2D eigenvalue weighted by Crippen LogP contribution is 2.18. The number of carbonyl (C=O) groups is 2. The minimum absolute atomic E-state index is 0.0645. The van der Waals surface area contributed by atoms with Gasteiger partial charge in [-0.05, 0) is 63.0 Å². The highest BCUT2D eigenvalue weighted by Gasteiger charge is 2.20. The Morgan fingerprint density at radius 2 is 1.69 bits per heavy atom. The van der Waals surface area contributed by atoms with Crippen molar-refractivity contribution in [3.63, 3.8) is 0 Å². The van der Waals surface area contributed by atoms with Crippen LogP contribution < -0.4 is 10.6 Å². The average Bonchev–Trinajstić information content (AvgIpc) is 3.10. The van der Waals surface area contributed by atoms with Crippen LogP contribution in [0.3, 0.4) is 0 Å². The monoisotopic (exact) mass is 396 g/mol. The van der Waals surface area contributed by atoms with Crippen molar-refractivity contribution in [3.05, 3.63) is 41.7 Å². The van der Waals surface area contributed by atoms with Crippen LogP contribution in [-0.2, 0) is 0 Å². The maximum Gasteiger partial charge on any atom is 0.277 e. The van der Waals surface area contributed by atoms with Crippen LogP contribution in [0.25, 0.3) is 0 Å². The van der Waals surface area contributed by atoms with Crippen LogP contribution in [0.5, 0.6) is 0 Å². The number of benzene rings is 1. The van der Waals surface area contributed by atoms with Crippen LogP contribution in [0.15, 0.2) is 30.5 Å². The van der Waals surface area contributed by atoms with E-state index >= 15 is 0 Å². The lowest BCUT2D eigenvalue weighted by atomic mass is 10.1. The third-order valence-corrected chi connectivity index (χ3v) is 5.71. The molecule has 0 unspecified atom stereocenters. The van der Waals surface area contributed by atoms with E-state index in [1.54, 1.807) is 35.1 Å². The van der Waals surface area contributed by atoms with Gasteiger partial charge in [0.05, 0.1) is 12.2 Å². The van der Waals surface area contributed by atoms with Crippen molar-refractivity contribution in [2.75, 3.05) is 31.5 Å². The lowest BCUT2D eigenvalue weighted by Crippen LogP contribution is -2.31. The Morgan fingerprint density at radius 3 is 2.38 bits per heavy atom. The molecule has 8 heteroatoms. The highest BCUT2D eigenvalue weighted by atomic mass is 16.2. The van der Waals surface area contributed by atoms with E-state index in [9.17, 15) is 9.59 Å². The zero-order chi connectivity index (χ0) is 20.1. The minimum Gasteiger partial charge on any atom is -0.339 e. The van der Waals surface area contributed by atoms with Crippen molar-refractivity contribution in [2.45, 2.75) is 44.6 Å². The van der Waals surface area contributed by atoms with Crippen LogP contribution in [0.4, 0.5) is 5.69 Å². The smallest absolute Gasteiger partial charge is 0.277 e. The summed E-state index contributed by atoms with van der Waals surface area (Å²) in [6, 6.07) is 7.36. The van der Waals surface area contributed by atoms with Crippen molar-refractivity contribution in [3.8, 4) is 0 Å².